The Morgan fingerprint density at radius 1 is 1.05 bits per heavy atom. The van der Waals surface area contributed by atoms with Crippen LogP contribution in [0.3, 0.4) is 0 Å². The van der Waals surface area contributed by atoms with E-state index in [0.29, 0.717) is 13.0 Å². The van der Waals surface area contributed by atoms with Crippen molar-refractivity contribution in [2.24, 2.45) is 5.41 Å². The molecule has 0 aliphatic carbocycles. The van der Waals surface area contributed by atoms with E-state index in [1.54, 1.807) is 6.92 Å². The van der Waals surface area contributed by atoms with Crippen molar-refractivity contribution in [3.8, 4) is 0 Å². The third kappa shape index (κ3) is 9.80. The summed E-state index contributed by atoms with van der Waals surface area (Å²) in [5.74, 6) is -0.581. The van der Waals surface area contributed by atoms with Crippen molar-refractivity contribution in [3.63, 3.8) is 0 Å². The molecule has 0 aromatic rings. The molecule has 4 N–H and O–H groups in total. The number of hydrogen-bond donors (Lipinski definition) is 4. The van der Waals surface area contributed by atoms with Gasteiger partial charge >= 0.3 is 5.97 Å². The van der Waals surface area contributed by atoms with Crippen LogP contribution in [0.5, 0.6) is 0 Å². The summed E-state index contributed by atoms with van der Waals surface area (Å²) in [4.78, 5) is 11.4. The van der Waals surface area contributed by atoms with Crippen LogP contribution < -0.4 is 0 Å². The molecular formula is C12H28O7. The van der Waals surface area contributed by atoms with Gasteiger partial charge in [0.15, 0.2) is 0 Å². The lowest BCUT2D eigenvalue weighted by Crippen LogP contribution is -2.39. The third-order valence-electron chi connectivity index (χ3n) is 2.34. The number of methoxy groups -OCH3 is 1. The van der Waals surface area contributed by atoms with Crippen molar-refractivity contribution < 1.29 is 34.7 Å². The van der Waals surface area contributed by atoms with Gasteiger partial charge in [0.05, 0.1) is 33.0 Å². The maximum atomic E-state index is 11.4. The molecule has 0 aromatic carbocycles. The predicted octanol–water partition coefficient (Wildman–Crippen LogP) is -0.836. The molecule has 0 bridgehead atoms. The van der Waals surface area contributed by atoms with Crippen molar-refractivity contribution >= 4 is 5.97 Å². The van der Waals surface area contributed by atoms with Gasteiger partial charge in [-0.1, -0.05) is 14.4 Å². The first-order valence-electron chi connectivity index (χ1n) is 5.68. The van der Waals surface area contributed by atoms with E-state index in [-0.39, 0.29) is 27.2 Å². The predicted molar refractivity (Wildman–Crippen MR) is 70.6 cm³/mol. The third-order valence-corrected chi connectivity index (χ3v) is 2.34. The van der Waals surface area contributed by atoms with Gasteiger partial charge in [-0.05, 0) is 6.42 Å². The Morgan fingerprint density at radius 2 is 1.53 bits per heavy atom. The molecule has 7 nitrogen and oxygen atoms in total. The monoisotopic (exact) mass is 284 g/mol. The number of carbonyl (C=O) groups is 1. The minimum Gasteiger partial charge on any atom is -0.463 e. The number of aliphatic hydroxyl groups is 4. The van der Waals surface area contributed by atoms with E-state index >= 15 is 0 Å². The molecule has 0 radical (unpaired) electrons. The smallest absolute Gasteiger partial charge is 0.316 e. The highest BCUT2D eigenvalue weighted by Crippen LogP contribution is 2.22. The lowest BCUT2D eigenvalue weighted by molar-refractivity contribution is -0.163. The first kappa shape index (κ1) is 23.4. The topological polar surface area (TPSA) is 116 Å². The Kier molecular flexibility index (Phi) is 18.9. The molecule has 0 saturated carbocycles. The fourth-order valence-electron chi connectivity index (χ4n) is 0.918. The number of esters is 1. The van der Waals surface area contributed by atoms with Crippen molar-refractivity contribution in [2.45, 2.75) is 20.8 Å². The first-order valence-corrected chi connectivity index (χ1v) is 5.68. The fraction of sp³-hybridized carbons (Fsp3) is 0.917. The Bertz CT molecular complexity index is 182. The molecule has 118 valence electrons. The average molecular weight is 284 g/mol. The molecule has 0 atom stereocenters. The van der Waals surface area contributed by atoms with Crippen LogP contribution in [0.15, 0.2) is 0 Å². The molecule has 0 unspecified atom stereocenters. The summed E-state index contributed by atoms with van der Waals surface area (Å²) in [6, 6.07) is 0. The molecule has 0 saturated heterocycles. The van der Waals surface area contributed by atoms with Crippen molar-refractivity contribution in [1.82, 2.24) is 0 Å². The summed E-state index contributed by atoms with van der Waals surface area (Å²) in [6.07, 6.45) is 0.339. The van der Waals surface area contributed by atoms with Crippen LogP contribution in [0.25, 0.3) is 0 Å². The van der Waals surface area contributed by atoms with Crippen molar-refractivity contribution in [1.29, 1.82) is 0 Å². The van der Waals surface area contributed by atoms with Gasteiger partial charge in [-0.3, -0.25) is 4.79 Å². The second-order valence-corrected chi connectivity index (χ2v) is 3.53. The summed E-state index contributed by atoms with van der Waals surface area (Å²) < 4.78 is 9.54. The van der Waals surface area contributed by atoms with Crippen LogP contribution in [-0.2, 0) is 14.3 Å². The lowest BCUT2D eigenvalue weighted by Gasteiger charge is -2.25. The van der Waals surface area contributed by atoms with E-state index in [1.807, 2.05) is 0 Å². The van der Waals surface area contributed by atoms with Crippen LogP contribution in [0.1, 0.15) is 20.8 Å². The van der Waals surface area contributed by atoms with Gasteiger partial charge < -0.3 is 29.9 Å². The van der Waals surface area contributed by atoms with Gasteiger partial charge in [-0.2, -0.15) is 0 Å². The molecule has 0 fully saturated rings. The summed E-state index contributed by atoms with van der Waals surface area (Å²) in [5.41, 5.74) is -1.17. The average Bonchev–Trinajstić information content (AvgIpc) is 2.42. The Labute approximate surface area is 114 Å². The zero-order valence-corrected chi connectivity index (χ0v) is 11.0. The molecule has 7 heteroatoms. The van der Waals surface area contributed by atoms with Crippen LogP contribution in [0, 0.1) is 5.41 Å². The highest BCUT2D eigenvalue weighted by molar-refractivity contribution is 5.77. The number of rotatable bonds is 8. The molecule has 0 heterocycles. The molecule has 0 amide bonds. The zero-order chi connectivity index (χ0) is 14.4. The van der Waals surface area contributed by atoms with Crippen LogP contribution in [0.2, 0.25) is 0 Å². The second kappa shape index (κ2) is 15.3. The van der Waals surface area contributed by atoms with Gasteiger partial charge in [-0.25, -0.2) is 0 Å². The molecule has 0 aliphatic heterocycles. The van der Waals surface area contributed by atoms with Gasteiger partial charge in [-0.15, -0.1) is 0 Å². The second-order valence-electron chi connectivity index (χ2n) is 3.53. The molecule has 0 aromatic heterocycles. The zero-order valence-electron chi connectivity index (χ0n) is 11.0. The summed E-state index contributed by atoms with van der Waals surface area (Å²) in [5, 5.41) is 33.3. The van der Waals surface area contributed by atoms with Crippen LogP contribution >= 0.6 is 0 Å². The van der Waals surface area contributed by atoms with E-state index < -0.39 is 24.6 Å². The molecular weight excluding hydrogens is 256 g/mol. The van der Waals surface area contributed by atoms with Crippen LogP contribution in [-0.4, -0.2) is 73.1 Å². The van der Waals surface area contributed by atoms with E-state index in [1.165, 1.54) is 7.11 Å². The molecule has 0 aliphatic rings. The standard InChI is InChI=1S/C9H18O5.C2H6O2.CH4/c1-3-9(6-10,7-11)8(12)14-5-4-13-2;3-1-2-4;/h10-11H,3-7H2,1-2H3;3-4H,1-2H2;1H4. The van der Waals surface area contributed by atoms with Gasteiger partial charge in [0, 0.05) is 7.11 Å². The first-order chi connectivity index (χ1) is 8.58. The highest BCUT2D eigenvalue weighted by Gasteiger charge is 2.37. The number of ether oxygens (including phenoxy) is 2. The maximum Gasteiger partial charge on any atom is 0.316 e. The number of aliphatic hydroxyl groups excluding tert-OH is 4. The lowest BCUT2D eigenvalue weighted by atomic mass is 9.87. The number of carbonyl (C=O) groups excluding carboxylic acids is 1. The quantitative estimate of drug-likeness (QED) is 0.339. The molecule has 19 heavy (non-hydrogen) atoms. The molecule has 0 rings (SSSR count). The summed E-state index contributed by atoms with van der Waals surface area (Å²) >= 11 is 0. The molecule has 0 spiro atoms. The largest absolute Gasteiger partial charge is 0.463 e. The van der Waals surface area contributed by atoms with E-state index in [9.17, 15) is 4.79 Å². The van der Waals surface area contributed by atoms with Crippen molar-refractivity contribution in [3.05, 3.63) is 0 Å². The van der Waals surface area contributed by atoms with E-state index in [4.69, 9.17) is 29.9 Å². The Hall–Kier alpha value is -0.730. The summed E-state index contributed by atoms with van der Waals surface area (Å²) in [7, 11) is 1.50. The van der Waals surface area contributed by atoms with E-state index in [2.05, 4.69) is 0 Å². The minimum atomic E-state index is -1.17. The van der Waals surface area contributed by atoms with Crippen LogP contribution in [0.4, 0.5) is 0 Å². The SMILES string of the molecule is C.CCC(CO)(CO)C(=O)OCCOC.OCCO. The Balaban J connectivity index is -0.000000448. The van der Waals surface area contributed by atoms with Crippen molar-refractivity contribution in [2.75, 3.05) is 46.8 Å². The van der Waals surface area contributed by atoms with Gasteiger partial charge in [0.25, 0.3) is 0 Å². The normalized spacial score (nSPS) is 10.0. The highest BCUT2D eigenvalue weighted by atomic mass is 16.6. The minimum absolute atomic E-state index is 0. The fourth-order valence-corrected chi connectivity index (χ4v) is 0.918. The van der Waals surface area contributed by atoms with E-state index in [0.717, 1.165) is 0 Å². The Morgan fingerprint density at radius 3 is 1.79 bits per heavy atom. The summed E-state index contributed by atoms with van der Waals surface area (Å²) in [6.45, 7) is 1.08. The van der Waals surface area contributed by atoms with Gasteiger partial charge in [0.1, 0.15) is 12.0 Å². The van der Waals surface area contributed by atoms with Gasteiger partial charge in [0.2, 0.25) is 0 Å². The maximum absolute atomic E-state index is 11.4. The number of hydrogen-bond acceptors (Lipinski definition) is 7.